The van der Waals surface area contributed by atoms with Crippen LogP contribution in [0.1, 0.15) is 25.3 Å². The van der Waals surface area contributed by atoms with Gasteiger partial charge in [0.15, 0.2) is 0 Å². The van der Waals surface area contributed by atoms with Crippen LogP contribution in [0.2, 0.25) is 0 Å². The Morgan fingerprint density at radius 2 is 2.00 bits per heavy atom. The normalized spacial score (nSPS) is 13.8. The van der Waals surface area contributed by atoms with E-state index >= 15 is 0 Å². The zero-order valence-electron chi connectivity index (χ0n) is 13.5. The Morgan fingerprint density at radius 3 is 2.65 bits per heavy atom. The molecule has 23 heavy (non-hydrogen) atoms. The number of ether oxygens (including phenoxy) is 1. The van der Waals surface area contributed by atoms with E-state index in [1.54, 1.807) is 7.11 Å². The molecule has 2 aromatic rings. The van der Waals surface area contributed by atoms with Crippen molar-refractivity contribution < 1.29 is 14.3 Å². The van der Waals surface area contributed by atoms with Gasteiger partial charge in [-0.1, -0.05) is 24.3 Å². The third-order valence-corrected chi connectivity index (χ3v) is 4.36. The monoisotopic (exact) mass is 311 g/mol. The van der Waals surface area contributed by atoms with Gasteiger partial charge in [0.25, 0.3) is 0 Å². The smallest absolute Gasteiger partial charge is 0.232 e. The quantitative estimate of drug-likeness (QED) is 0.852. The summed E-state index contributed by atoms with van der Waals surface area (Å²) < 4.78 is 5.30. The van der Waals surface area contributed by atoms with Crippen LogP contribution in [0.4, 0.5) is 0 Å². The highest BCUT2D eigenvalue weighted by molar-refractivity contribution is 5.96. The molecule has 1 aliphatic carbocycles. The molecule has 3 rings (SSSR count). The summed E-state index contributed by atoms with van der Waals surface area (Å²) in [6.45, 7) is 1.90. The van der Waals surface area contributed by atoms with E-state index in [1.165, 1.54) is 11.8 Å². The molecule has 0 radical (unpaired) electrons. The Labute approximate surface area is 136 Å². The first-order valence-corrected chi connectivity index (χ1v) is 7.97. The summed E-state index contributed by atoms with van der Waals surface area (Å²) in [7, 11) is 1.65. The van der Waals surface area contributed by atoms with Crippen molar-refractivity contribution in [1.29, 1.82) is 0 Å². The summed E-state index contributed by atoms with van der Waals surface area (Å²) in [5, 5.41) is 2.24. The van der Waals surface area contributed by atoms with Crippen LogP contribution in [0, 0.1) is 5.92 Å². The molecule has 2 aromatic carbocycles. The summed E-state index contributed by atoms with van der Waals surface area (Å²) >= 11 is 0. The van der Waals surface area contributed by atoms with Gasteiger partial charge >= 0.3 is 0 Å². The van der Waals surface area contributed by atoms with Crippen molar-refractivity contribution in [2.75, 3.05) is 13.7 Å². The van der Waals surface area contributed by atoms with E-state index < -0.39 is 0 Å². The van der Waals surface area contributed by atoms with Crippen LogP contribution >= 0.6 is 0 Å². The number of nitrogens with zero attached hydrogens (tertiary/aromatic N) is 1. The zero-order valence-corrected chi connectivity index (χ0v) is 13.5. The molecule has 1 aliphatic rings. The van der Waals surface area contributed by atoms with Gasteiger partial charge in [-0.2, -0.15) is 0 Å². The molecule has 0 heterocycles. The van der Waals surface area contributed by atoms with Crippen LogP contribution in [0.15, 0.2) is 36.4 Å². The predicted molar refractivity (Wildman–Crippen MR) is 89.3 cm³/mol. The Balaban J connectivity index is 1.82. The standard InChI is InChI=1S/C19H21NO3/c1-13(21)20(19(22)16-6-7-16)11-10-15-5-3-4-14-8-9-17(23-2)12-18(14)15/h3-5,8-9,12,16H,6-7,10-11H2,1-2H3. The van der Waals surface area contributed by atoms with E-state index in [0.717, 1.165) is 34.9 Å². The first-order chi connectivity index (χ1) is 11.1. The van der Waals surface area contributed by atoms with Crippen LogP contribution in [-0.4, -0.2) is 30.4 Å². The van der Waals surface area contributed by atoms with Crippen LogP contribution in [0.5, 0.6) is 5.75 Å². The highest BCUT2D eigenvalue weighted by Crippen LogP contribution is 2.31. The maximum atomic E-state index is 12.2. The number of fused-ring (bicyclic) bond motifs is 1. The third kappa shape index (κ3) is 3.36. The van der Waals surface area contributed by atoms with E-state index in [4.69, 9.17) is 4.74 Å². The Bertz CT molecular complexity index is 749. The van der Waals surface area contributed by atoms with Gasteiger partial charge < -0.3 is 4.74 Å². The summed E-state index contributed by atoms with van der Waals surface area (Å²) in [5.74, 6) is 0.684. The average Bonchev–Trinajstić information content (AvgIpc) is 3.39. The molecule has 0 unspecified atom stereocenters. The van der Waals surface area contributed by atoms with Gasteiger partial charge in [-0.15, -0.1) is 0 Å². The second-order valence-corrected chi connectivity index (χ2v) is 6.04. The van der Waals surface area contributed by atoms with Gasteiger partial charge in [0, 0.05) is 19.4 Å². The molecule has 0 bridgehead atoms. The van der Waals surface area contributed by atoms with Gasteiger partial charge in [0.1, 0.15) is 5.75 Å². The lowest BCUT2D eigenvalue weighted by Crippen LogP contribution is -2.37. The van der Waals surface area contributed by atoms with Crippen molar-refractivity contribution in [3.8, 4) is 5.75 Å². The second kappa shape index (κ2) is 6.41. The van der Waals surface area contributed by atoms with Crippen LogP contribution < -0.4 is 4.74 Å². The molecule has 4 nitrogen and oxygen atoms in total. The maximum absolute atomic E-state index is 12.2. The Hall–Kier alpha value is -2.36. The van der Waals surface area contributed by atoms with Crippen molar-refractivity contribution in [2.24, 2.45) is 5.92 Å². The molecule has 120 valence electrons. The number of carbonyl (C=O) groups is 2. The Kier molecular flexibility index (Phi) is 4.33. The van der Waals surface area contributed by atoms with Crippen molar-refractivity contribution in [2.45, 2.75) is 26.2 Å². The number of methoxy groups -OCH3 is 1. The van der Waals surface area contributed by atoms with Crippen molar-refractivity contribution in [3.05, 3.63) is 42.0 Å². The SMILES string of the molecule is COc1ccc2cccc(CCN(C(C)=O)C(=O)C3CC3)c2c1. The minimum Gasteiger partial charge on any atom is -0.497 e. The molecule has 0 spiro atoms. The first kappa shape index (κ1) is 15.5. The molecular weight excluding hydrogens is 290 g/mol. The lowest BCUT2D eigenvalue weighted by atomic mass is 10.0. The van der Waals surface area contributed by atoms with E-state index in [0.29, 0.717) is 13.0 Å². The molecule has 0 N–H and O–H groups in total. The minimum atomic E-state index is -0.167. The van der Waals surface area contributed by atoms with Crippen molar-refractivity contribution in [1.82, 2.24) is 4.90 Å². The molecule has 0 saturated heterocycles. The van der Waals surface area contributed by atoms with Crippen LogP contribution in [0.25, 0.3) is 10.8 Å². The summed E-state index contributed by atoms with van der Waals surface area (Å²) in [6, 6.07) is 12.1. The molecule has 0 aliphatic heterocycles. The summed E-state index contributed by atoms with van der Waals surface area (Å²) in [6.07, 6.45) is 2.48. The van der Waals surface area contributed by atoms with Crippen molar-refractivity contribution in [3.63, 3.8) is 0 Å². The molecule has 0 atom stereocenters. The molecule has 1 fully saturated rings. The third-order valence-electron chi connectivity index (χ3n) is 4.36. The van der Waals surface area contributed by atoms with Crippen LogP contribution in [-0.2, 0) is 16.0 Å². The summed E-state index contributed by atoms with van der Waals surface area (Å²) in [5.41, 5.74) is 1.12. The number of hydrogen-bond donors (Lipinski definition) is 0. The van der Waals surface area contributed by atoms with Gasteiger partial charge in [0.2, 0.25) is 11.8 Å². The minimum absolute atomic E-state index is 0.0182. The van der Waals surface area contributed by atoms with Gasteiger partial charge in [0.05, 0.1) is 7.11 Å². The Morgan fingerprint density at radius 1 is 1.22 bits per heavy atom. The van der Waals surface area contributed by atoms with E-state index in [9.17, 15) is 9.59 Å². The lowest BCUT2D eigenvalue weighted by molar-refractivity contribution is -0.144. The predicted octanol–water partition coefficient (Wildman–Crippen LogP) is 3.18. The number of carbonyl (C=O) groups excluding carboxylic acids is 2. The van der Waals surface area contributed by atoms with E-state index in [-0.39, 0.29) is 17.7 Å². The number of amides is 2. The number of benzene rings is 2. The van der Waals surface area contributed by atoms with E-state index in [1.807, 2.05) is 30.3 Å². The number of hydrogen-bond acceptors (Lipinski definition) is 3. The molecule has 2 amide bonds. The second-order valence-electron chi connectivity index (χ2n) is 6.04. The zero-order chi connectivity index (χ0) is 16.4. The van der Waals surface area contributed by atoms with Crippen molar-refractivity contribution >= 4 is 22.6 Å². The summed E-state index contributed by atoms with van der Waals surface area (Å²) in [4.78, 5) is 25.4. The van der Waals surface area contributed by atoms with Gasteiger partial charge in [-0.25, -0.2) is 0 Å². The molecule has 4 heteroatoms. The van der Waals surface area contributed by atoms with Gasteiger partial charge in [-0.3, -0.25) is 14.5 Å². The first-order valence-electron chi connectivity index (χ1n) is 7.97. The average molecular weight is 311 g/mol. The van der Waals surface area contributed by atoms with Gasteiger partial charge in [-0.05, 0) is 47.7 Å². The number of rotatable bonds is 5. The fourth-order valence-corrected chi connectivity index (χ4v) is 2.87. The topological polar surface area (TPSA) is 46.6 Å². The van der Waals surface area contributed by atoms with Crippen LogP contribution in [0.3, 0.4) is 0 Å². The molecule has 0 aromatic heterocycles. The fraction of sp³-hybridized carbons (Fsp3) is 0.368. The largest absolute Gasteiger partial charge is 0.497 e. The molecular formula is C19H21NO3. The lowest BCUT2D eigenvalue weighted by Gasteiger charge is -2.19. The maximum Gasteiger partial charge on any atom is 0.232 e. The number of imide groups is 1. The highest BCUT2D eigenvalue weighted by atomic mass is 16.5. The molecule has 1 saturated carbocycles. The highest BCUT2D eigenvalue weighted by Gasteiger charge is 2.34. The fourth-order valence-electron chi connectivity index (χ4n) is 2.87. The van der Waals surface area contributed by atoms with E-state index in [2.05, 4.69) is 6.07 Å².